The SMILES string of the molecule is COC(=O)[C@H]1c2c(Cl)cccc2C(=O)N1Cc1ccc(OC)cc1. The quantitative estimate of drug-likeness (QED) is 0.798. The minimum atomic E-state index is -0.840. The van der Waals surface area contributed by atoms with Gasteiger partial charge in [-0.1, -0.05) is 29.8 Å². The molecule has 1 aliphatic rings. The van der Waals surface area contributed by atoms with Crippen LogP contribution < -0.4 is 4.74 Å². The van der Waals surface area contributed by atoms with Crippen LogP contribution in [0.5, 0.6) is 5.75 Å². The molecule has 1 amide bonds. The van der Waals surface area contributed by atoms with Crippen molar-refractivity contribution in [2.24, 2.45) is 0 Å². The molecule has 3 rings (SSSR count). The van der Waals surface area contributed by atoms with Crippen LogP contribution in [-0.4, -0.2) is 31.0 Å². The molecule has 0 radical (unpaired) electrons. The van der Waals surface area contributed by atoms with Crippen molar-refractivity contribution in [1.82, 2.24) is 4.90 Å². The van der Waals surface area contributed by atoms with Crippen LogP contribution in [0.4, 0.5) is 0 Å². The predicted octanol–water partition coefficient (Wildman–Crippen LogP) is 3.22. The fraction of sp³-hybridized carbons (Fsp3) is 0.222. The summed E-state index contributed by atoms with van der Waals surface area (Å²) in [5.74, 6) is -0.0234. The van der Waals surface area contributed by atoms with E-state index in [1.807, 2.05) is 24.3 Å². The lowest BCUT2D eigenvalue weighted by molar-refractivity contribution is -0.146. The number of ether oxygens (including phenoxy) is 2. The van der Waals surface area contributed by atoms with Gasteiger partial charge in [0.2, 0.25) is 0 Å². The number of nitrogens with zero attached hydrogens (tertiary/aromatic N) is 1. The summed E-state index contributed by atoms with van der Waals surface area (Å²) >= 11 is 6.24. The summed E-state index contributed by atoms with van der Waals surface area (Å²) in [5.41, 5.74) is 1.82. The van der Waals surface area contributed by atoms with Gasteiger partial charge >= 0.3 is 5.97 Å². The fourth-order valence-corrected chi connectivity index (χ4v) is 3.15. The second-order valence-corrected chi connectivity index (χ2v) is 5.82. The number of fused-ring (bicyclic) bond motifs is 1. The maximum absolute atomic E-state index is 12.7. The molecular formula is C18H16ClNO4. The molecule has 0 saturated heterocycles. The van der Waals surface area contributed by atoms with Gasteiger partial charge < -0.3 is 14.4 Å². The Morgan fingerprint density at radius 3 is 2.50 bits per heavy atom. The lowest BCUT2D eigenvalue weighted by atomic mass is 10.0. The number of amides is 1. The van der Waals surface area contributed by atoms with Crippen LogP contribution in [0.2, 0.25) is 5.02 Å². The summed E-state index contributed by atoms with van der Waals surface area (Å²) in [6.45, 7) is 0.271. The largest absolute Gasteiger partial charge is 0.497 e. The molecule has 0 unspecified atom stereocenters. The first-order valence-corrected chi connectivity index (χ1v) is 7.74. The van der Waals surface area contributed by atoms with Crippen LogP contribution >= 0.6 is 11.6 Å². The number of methoxy groups -OCH3 is 2. The first-order chi connectivity index (χ1) is 11.6. The van der Waals surface area contributed by atoms with Gasteiger partial charge in [-0.3, -0.25) is 4.79 Å². The molecule has 5 nitrogen and oxygen atoms in total. The number of benzene rings is 2. The van der Waals surface area contributed by atoms with Gasteiger partial charge in [-0.25, -0.2) is 4.79 Å². The molecule has 6 heteroatoms. The summed E-state index contributed by atoms with van der Waals surface area (Å²) < 4.78 is 10.0. The average Bonchev–Trinajstić information content (AvgIpc) is 2.89. The molecule has 0 bridgehead atoms. The zero-order valence-corrected chi connectivity index (χ0v) is 14.0. The number of esters is 1. The molecule has 1 heterocycles. The van der Waals surface area contributed by atoms with E-state index in [9.17, 15) is 9.59 Å². The minimum Gasteiger partial charge on any atom is -0.497 e. The molecule has 0 N–H and O–H groups in total. The topological polar surface area (TPSA) is 55.8 Å². The van der Waals surface area contributed by atoms with Gasteiger partial charge in [0.1, 0.15) is 5.75 Å². The van der Waals surface area contributed by atoms with Crippen LogP contribution in [-0.2, 0) is 16.1 Å². The summed E-state index contributed by atoms with van der Waals surface area (Å²) in [7, 11) is 2.89. The highest BCUT2D eigenvalue weighted by molar-refractivity contribution is 6.32. The summed E-state index contributed by atoms with van der Waals surface area (Å²) in [4.78, 5) is 26.5. The van der Waals surface area contributed by atoms with Crippen molar-refractivity contribution in [2.45, 2.75) is 12.6 Å². The van der Waals surface area contributed by atoms with Crippen LogP contribution in [0.25, 0.3) is 0 Å². The van der Waals surface area contributed by atoms with E-state index >= 15 is 0 Å². The number of hydrogen-bond acceptors (Lipinski definition) is 4. The fourth-order valence-electron chi connectivity index (χ4n) is 2.88. The van der Waals surface area contributed by atoms with Crippen molar-refractivity contribution < 1.29 is 19.1 Å². The van der Waals surface area contributed by atoms with Gasteiger partial charge in [0.25, 0.3) is 5.91 Å². The van der Waals surface area contributed by atoms with E-state index < -0.39 is 12.0 Å². The number of hydrogen-bond donors (Lipinski definition) is 0. The third kappa shape index (κ3) is 2.71. The first-order valence-electron chi connectivity index (χ1n) is 7.37. The van der Waals surface area contributed by atoms with E-state index in [1.165, 1.54) is 12.0 Å². The Hall–Kier alpha value is -2.53. The van der Waals surface area contributed by atoms with E-state index in [4.69, 9.17) is 21.1 Å². The minimum absolute atomic E-state index is 0.237. The van der Waals surface area contributed by atoms with Gasteiger partial charge in [-0.15, -0.1) is 0 Å². The number of carbonyl (C=O) groups excluding carboxylic acids is 2. The maximum atomic E-state index is 12.7. The van der Waals surface area contributed by atoms with Crippen LogP contribution in [0, 0.1) is 0 Å². The van der Waals surface area contributed by atoms with E-state index in [0.717, 1.165) is 11.3 Å². The van der Waals surface area contributed by atoms with Gasteiger partial charge in [0.15, 0.2) is 6.04 Å². The standard InChI is InChI=1S/C18H16ClNO4/c1-23-12-8-6-11(7-9-12)10-20-16(18(22)24-2)15-13(17(20)21)4-3-5-14(15)19/h3-9,16H,10H2,1-2H3/t16-/m1/s1. The lowest BCUT2D eigenvalue weighted by Crippen LogP contribution is -2.32. The average molecular weight is 346 g/mol. The van der Waals surface area contributed by atoms with Crippen LogP contribution in [0.1, 0.15) is 27.5 Å². The molecule has 1 aliphatic heterocycles. The third-order valence-electron chi connectivity index (χ3n) is 4.07. The Bertz CT molecular complexity index is 788. The van der Waals surface area contributed by atoms with Crippen molar-refractivity contribution in [1.29, 1.82) is 0 Å². The van der Waals surface area contributed by atoms with Crippen molar-refractivity contribution in [2.75, 3.05) is 14.2 Å². The molecular weight excluding hydrogens is 330 g/mol. The van der Waals surface area contributed by atoms with Crippen LogP contribution in [0.15, 0.2) is 42.5 Å². The molecule has 1 atom stereocenters. The van der Waals surface area contributed by atoms with Gasteiger partial charge in [0.05, 0.1) is 14.2 Å². The Labute approximate surface area is 144 Å². The van der Waals surface area contributed by atoms with Gasteiger partial charge in [-0.05, 0) is 29.8 Å². The molecule has 0 aliphatic carbocycles. The zero-order chi connectivity index (χ0) is 17.3. The highest BCUT2D eigenvalue weighted by Crippen LogP contribution is 2.39. The summed E-state index contributed by atoms with van der Waals surface area (Å²) in [6, 6.07) is 11.5. The Kier molecular flexibility index (Phi) is 4.44. The molecule has 2 aromatic rings. The van der Waals surface area contributed by atoms with Crippen molar-refractivity contribution in [3.8, 4) is 5.75 Å². The summed E-state index contributed by atoms with van der Waals surface area (Å²) in [5, 5.41) is 0.383. The third-order valence-corrected chi connectivity index (χ3v) is 4.40. The smallest absolute Gasteiger partial charge is 0.333 e. The van der Waals surface area contributed by atoms with Gasteiger partial charge in [-0.2, -0.15) is 0 Å². The monoisotopic (exact) mass is 345 g/mol. The normalized spacial score (nSPS) is 16.0. The highest BCUT2D eigenvalue weighted by Gasteiger charge is 2.43. The second-order valence-electron chi connectivity index (χ2n) is 5.41. The van der Waals surface area contributed by atoms with Crippen LogP contribution in [0.3, 0.4) is 0 Å². The molecule has 124 valence electrons. The number of rotatable bonds is 4. The molecule has 0 spiro atoms. The zero-order valence-electron chi connectivity index (χ0n) is 13.3. The Morgan fingerprint density at radius 2 is 1.88 bits per heavy atom. The van der Waals surface area contributed by atoms with Crippen molar-refractivity contribution >= 4 is 23.5 Å². The molecule has 2 aromatic carbocycles. The van der Waals surface area contributed by atoms with E-state index in [1.54, 1.807) is 25.3 Å². The highest BCUT2D eigenvalue weighted by atomic mass is 35.5. The van der Waals surface area contributed by atoms with Crippen molar-refractivity contribution in [3.05, 3.63) is 64.2 Å². The molecule has 0 aromatic heterocycles. The first kappa shape index (κ1) is 16.3. The van der Waals surface area contributed by atoms with E-state index in [2.05, 4.69) is 0 Å². The lowest BCUT2D eigenvalue weighted by Gasteiger charge is -2.23. The Balaban J connectivity index is 1.98. The molecule has 0 fully saturated rings. The summed E-state index contributed by atoms with van der Waals surface area (Å²) in [6.07, 6.45) is 0. The number of carbonyl (C=O) groups is 2. The van der Waals surface area contributed by atoms with Gasteiger partial charge in [0, 0.05) is 22.7 Å². The number of halogens is 1. The van der Waals surface area contributed by atoms with E-state index in [0.29, 0.717) is 16.1 Å². The maximum Gasteiger partial charge on any atom is 0.333 e. The van der Waals surface area contributed by atoms with Crippen molar-refractivity contribution in [3.63, 3.8) is 0 Å². The molecule has 24 heavy (non-hydrogen) atoms. The molecule has 0 saturated carbocycles. The van der Waals surface area contributed by atoms with E-state index in [-0.39, 0.29) is 12.5 Å². The predicted molar refractivity (Wildman–Crippen MR) is 89.1 cm³/mol. The Morgan fingerprint density at radius 1 is 1.17 bits per heavy atom. The second kappa shape index (κ2) is 6.53.